The zero-order valence-corrected chi connectivity index (χ0v) is 14.8. The highest BCUT2D eigenvalue weighted by molar-refractivity contribution is 9.10. The lowest BCUT2D eigenvalue weighted by molar-refractivity contribution is 0.527. The van der Waals surface area contributed by atoms with Crippen molar-refractivity contribution in [3.63, 3.8) is 0 Å². The Morgan fingerprint density at radius 2 is 2.00 bits per heavy atom. The number of aryl methyl sites for hydroxylation is 1. The van der Waals surface area contributed by atoms with Gasteiger partial charge >= 0.3 is 0 Å². The molecule has 0 heterocycles. The average molecular weight is 367 g/mol. The Bertz CT molecular complexity index is 598. The fraction of sp³-hybridized carbons (Fsp3) is 0.333. The summed E-state index contributed by atoms with van der Waals surface area (Å²) in [7, 11) is 0. The Hall–Kier alpha value is -0.830. The molecule has 0 aliphatic rings. The Morgan fingerprint density at radius 1 is 1.19 bits per heavy atom. The summed E-state index contributed by atoms with van der Waals surface area (Å²) in [5, 5.41) is 4.40. The number of halogens is 2. The Labute approximate surface area is 140 Å². The molecule has 0 fully saturated rings. The van der Waals surface area contributed by atoms with Crippen molar-refractivity contribution in [2.45, 2.75) is 32.7 Å². The van der Waals surface area contributed by atoms with Crippen LogP contribution in [0.3, 0.4) is 0 Å². The van der Waals surface area contributed by atoms with E-state index in [1.807, 2.05) is 12.1 Å². The minimum Gasteiger partial charge on any atom is -0.310 e. The van der Waals surface area contributed by atoms with Crippen molar-refractivity contribution in [2.24, 2.45) is 0 Å². The van der Waals surface area contributed by atoms with Crippen molar-refractivity contribution in [3.8, 4) is 0 Å². The Kier molecular flexibility index (Phi) is 6.28. The first-order valence-corrected chi connectivity index (χ1v) is 8.51. The summed E-state index contributed by atoms with van der Waals surface area (Å²) in [6, 6.07) is 15.0. The van der Waals surface area contributed by atoms with E-state index < -0.39 is 0 Å². The average Bonchev–Trinajstić information content (AvgIpc) is 2.44. The highest BCUT2D eigenvalue weighted by Gasteiger charge is 2.15. The molecule has 0 saturated carbocycles. The molecule has 2 rings (SSSR count). The van der Waals surface area contributed by atoms with Gasteiger partial charge in [0.15, 0.2) is 0 Å². The van der Waals surface area contributed by atoms with Gasteiger partial charge in [0, 0.05) is 15.5 Å². The maximum Gasteiger partial charge on any atom is 0.0417 e. The van der Waals surface area contributed by atoms with E-state index in [1.165, 1.54) is 16.7 Å². The summed E-state index contributed by atoms with van der Waals surface area (Å²) in [4.78, 5) is 0. The fourth-order valence-corrected chi connectivity index (χ4v) is 3.43. The molecule has 0 aliphatic carbocycles. The first-order valence-electron chi connectivity index (χ1n) is 7.34. The first kappa shape index (κ1) is 16.5. The Balaban J connectivity index is 2.25. The molecule has 0 bridgehead atoms. The smallest absolute Gasteiger partial charge is 0.0417 e. The zero-order chi connectivity index (χ0) is 15.2. The van der Waals surface area contributed by atoms with Gasteiger partial charge in [0.25, 0.3) is 0 Å². The maximum absolute atomic E-state index is 6.06. The predicted octanol–water partition coefficient (Wildman–Crippen LogP) is 5.69. The van der Waals surface area contributed by atoms with Crippen LogP contribution in [0.4, 0.5) is 0 Å². The third kappa shape index (κ3) is 4.84. The van der Waals surface area contributed by atoms with Crippen molar-refractivity contribution >= 4 is 27.5 Å². The summed E-state index contributed by atoms with van der Waals surface area (Å²) in [6.07, 6.45) is 2.09. The minimum absolute atomic E-state index is 0.290. The second kappa shape index (κ2) is 7.98. The lowest BCUT2D eigenvalue weighted by Crippen LogP contribution is -2.24. The molecule has 0 amide bonds. The van der Waals surface area contributed by atoms with E-state index in [2.05, 4.69) is 65.4 Å². The molecular formula is C18H21BrClN. The number of hydrogen-bond acceptors (Lipinski definition) is 1. The molecule has 1 unspecified atom stereocenters. The minimum atomic E-state index is 0.290. The van der Waals surface area contributed by atoms with Crippen LogP contribution < -0.4 is 5.32 Å². The van der Waals surface area contributed by atoms with E-state index in [0.29, 0.717) is 6.04 Å². The van der Waals surface area contributed by atoms with E-state index in [1.54, 1.807) is 0 Å². The van der Waals surface area contributed by atoms with Gasteiger partial charge in [0.05, 0.1) is 0 Å². The van der Waals surface area contributed by atoms with Crippen LogP contribution in [0, 0.1) is 6.92 Å². The Morgan fingerprint density at radius 3 is 2.67 bits per heavy atom. The molecule has 21 heavy (non-hydrogen) atoms. The van der Waals surface area contributed by atoms with E-state index in [-0.39, 0.29) is 0 Å². The van der Waals surface area contributed by atoms with Crippen molar-refractivity contribution in [2.75, 3.05) is 6.54 Å². The highest BCUT2D eigenvalue weighted by atomic mass is 79.9. The van der Waals surface area contributed by atoms with Gasteiger partial charge in [-0.25, -0.2) is 0 Å². The molecule has 2 aromatic carbocycles. The summed E-state index contributed by atoms with van der Waals surface area (Å²) in [5.74, 6) is 0. The number of rotatable bonds is 6. The maximum atomic E-state index is 6.06. The second-order valence-corrected chi connectivity index (χ2v) is 6.66. The van der Waals surface area contributed by atoms with E-state index in [4.69, 9.17) is 11.6 Å². The van der Waals surface area contributed by atoms with Gasteiger partial charge in [-0.3, -0.25) is 0 Å². The summed E-state index contributed by atoms with van der Waals surface area (Å²) in [6.45, 7) is 5.33. The van der Waals surface area contributed by atoms with Crippen molar-refractivity contribution in [1.29, 1.82) is 0 Å². The number of benzene rings is 2. The van der Waals surface area contributed by atoms with Crippen LogP contribution in [0.15, 0.2) is 46.9 Å². The third-order valence-electron chi connectivity index (χ3n) is 3.50. The van der Waals surface area contributed by atoms with Crippen LogP contribution in [0.2, 0.25) is 5.02 Å². The molecule has 0 spiro atoms. The standard InChI is InChI=1S/C18H21BrClN/c1-3-9-21-18(11-14-6-4-5-13(2)10-14)16-8-7-15(20)12-17(16)19/h4-8,10,12,18,21H,3,9,11H2,1-2H3. The molecule has 0 aliphatic heterocycles. The first-order chi connectivity index (χ1) is 10.1. The zero-order valence-electron chi connectivity index (χ0n) is 12.5. The van der Waals surface area contributed by atoms with Crippen LogP contribution >= 0.6 is 27.5 Å². The van der Waals surface area contributed by atoms with Crippen molar-refractivity contribution in [1.82, 2.24) is 5.32 Å². The molecule has 1 atom stereocenters. The van der Waals surface area contributed by atoms with Crippen LogP contribution in [0.5, 0.6) is 0 Å². The highest BCUT2D eigenvalue weighted by Crippen LogP contribution is 2.29. The fourth-order valence-electron chi connectivity index (χ4n) is 2.47. The van der Waals surface area contributed by atoms with Crippen molar-refractivity contribution in [3.05, 3.63) is 68.7 Å². The molecule has 0 aromatic heterocycles. The molecule has 1 nitrogen and oxygen atoms in total. The molecule has 2 aromatic rings. The van der Waals surface area contributed by atoms with Crippen molar-refractivity contribution < 1.29 is 0 Å². The normalized spacial score (nSPS) is 12.4. The third-order valence-corrected chi connectivity index (χ3v) is 4.42. The quantitative estimate of drug-likeness (QED) is 0.692. The molecule has 1 N–H and O–H groups in total. The molecular weight excluding hydrogens is 346 g/mol. The van der Waals surface area contributed by atoms with Gasteiger partial charge in [0.2, 0.25) is 0 Å². The molecule has 112 valence electrons. The molecule has 0 saturated heterocycles. The SMILES string of the molecule is CCCNC(Cc1cccc(C)c1)c1ccc(Cl)cc1Br. The topological polar surface area (TPSA) is 12.0 Å². The predicted molar refractivity (Wildman–Crippen MR) is 95.1 cm³/mol. The molecule has 0 radical (unpaired) electrons. The second-order valence-electron chi connectivity index (χ2n) is 5.37. The van der Waals surface area contributed by atoms with Crippen LogP contribution in [0.1, 0.15) is 36.1 Å². The van der Waals surface area contributed by atoms with Gasteiger partial charge in [0.1, 0.15) is 0 Å². The largest absolute Gasteiger partial charge is 0.310 e. The van der Waals surface area contributed by atoms with Gasteiger partial charge in [-0.1, -0.05) is 70.3 Å². The summed E-state index contributed by atoms with van der Waals surface area (Å²) >= 11 is 9.70. The van der Waals surface area contributed by atoms with E-state index in [9.17, 15) is 0 Å². The van der Waals surface area contributed by atoms with Gasteiger partial charge < -0.3 is 5.32 Å². The molecule has 3 heteroatoms. The summed E-state index contributed by atoms with van der Waals surface area (Å²) < 4.78 is 1.07. The van der Waals surface area contributed by atoms with Crippen LogP contribution in [-0.2, 0) is 6.42 Å². The van der Waals surface area contributed by atoms with E-state index in [0.717, 1.165) is 28.9 Å². The monoisotopic (exact) mass is 365 g/mol. The van der Waals surface area contributed by atoms with Gasteiger partial charge in [-0.2, -0.15) is 0 Å². The van der Waals surface area contributed by atoms with E-state index >= 15 is 0 Å². The number of nitrogens with one attached hydrogen (secondary N) is 1. The lowest BCUT2D eigenvalue weighted by atomic mass is 9.97. The number of hydrogen-bond donors (Lipinski definition) is 1. The lowest BCUT2D eigenvalue weighted by Gasteiger charge is -2.21. The van der Waals surface area contributed by atoms with Crippen LogP contribution in [0.25, 0.3) is 0 Å². The summed E-state index contributed by atoms with van der Waals surface area (Å²) in [5.41, 5.74) is 3.91. The van der Waals surface area contributed by atoms with Gasteiger partial charge in [-0.05, 0) is 49.6 Å². The van der Waals surface area contributed by atoms with Crippen LogP contribution in [-0.4, -0.2) is 6.54 Å². The van der Waals surface area contributed by atoms with Gasteiger partial charge in [-0.15, -0.1) is 0 Å².